The molecular formula is C15H13NO. The number of ketones is 1. The van der Waals surface area contributed by atoms with E-state index >= 15 is 0 Å². The van der Waals surface area contributed by atoms with Gasteiger partial charge >= 0.3 is 0 Å². The molecule has 0 saturated carbocycles. The molecule has 0 unspecified atom stereocenters. The lowest BCUT2D eigenvalue weighted by atomic mass is 10.0. The lowest BCUT2D eigenvalue weighted by Gasteiger charge is -2.05. The SMILES string of the molecule is Cc1cncc(-c2ccc3c(c2)CCC3=O)c1. The molecule has 2 aromatic rings. The molecule has 2 nitrogen and oxygen atoms in total. The fourth-order valence-electron chi connectivity index (χ4n) is 2.35. The van der Waals surface area contributed by atoms with Crippen molar-refractivity contribution in [1.29, 1.82) is 0 Å². The van der Waals surface area contributed by atoms with Crippen LogP contribution < -0.4 is 0 Å². The van der Waals surface area contributed by atoms with E-state index in [1.807, 2.05) is 31.5 Å². The minimum absolute atomic E-state index is 0.272. The van der Waals surface area contributed by atoms with Crippen LogP contribution >= 0.6 is 0 Å². The Morgan fingerprint density at radius 2 is 1.94 bits per heavy atom. The Balaban J connectivity index is 2.09. The highest BCUT2D eigenvalue weighted by atomic mass is 16.1. The highest BCUT2D eigenvalue weighted by Crippen LogP contribution is 2.27. The summed E-state index contributed by atoms with van der Waals surface area (Å²) in [5, 5.41) is 0. The predicted octanol–water partition coefficient (Wildman–Crippen LogP) is 3.19. The van der Waals surface area contributed by atoms with Gasteiger partial charge < -0.3 is 0 Å². The standard InChI is InChI=1S/C15H13NO/c1-10-6-13(9-16-8-10)11-2-4-14-12(7-11)3-5-15(14)17/h2,4,6-9H,3,5H2,1H3. The third-order valence-corrected chi connectivity index (χ3v) is 3.24. The van der Waals surface area contributed by atoms with Crippen molar-refractivity contribution in [3.8, 4) is 11.1 Å². The average Bonchev–Trinajstić information content (AvgIpc) is 2.71. The number of hydrogen-bond donors (Lipinski definition) is 0. The molecule has 0 N–H and O–H groups in total. The number of carbonyl (C=O) groups is 1. The van der Waals surface area contributed by atoms with Crippen molar-refractivity contribution >= 4 is 5.78 Å². The maximum Gasteiger partial charge on any atom is 0.163 e. The third kappa shape index (κ3) is 1.76. The van der Waals surface area contributed by atoms with E-state index in [4.69, 9.17) is 0 Å². The monoisotopic (exact) mass is 223 g/mol. The van der Waals surface area contributed by atoms with E-state index in [1.54, 1.807) is 0 Å². The molecule has 1 aliphatic rings. The van der Waals surface area contributed by atoms with Crippen molar-refractivity contribution in [1.82, 2.24) is 4.98 Å². The lowest BCUT2D eigenvalue weighted by molar-refractivity contribution is 0.0994. The molecule has 84 valence electrons. The molecule has 1 aliphatic carbocycles. The molecule has 2 heteroatoms. The van der Waals surface area contributed by atoms with Crippen LogP contribution in [0.25, 0.3) is 11.1 Å². The summed E-state index contributed by atoms with van der Waals surface area (Å²) < 4.78 is 0. The normalized spacial score (nSPS) is 13.8. The zero-order valence-corrected chi connectivity index (χ0v) is 9.73. The van der Waals surface area contributed by atoms with E-state index in [2.05, 4.69) is 17.1 Å². The summed E-state index contributed by atoms with van der Waals surface area (Å²) in [6.07, 6.45) is 5.25. The second kappa shape index (κ2) is 3.81. The molecule has 0 aliphatic heterocycles. The number of aryl methyl sites for hydroxylation is 2. The van der Waals surface area contributed by atoms with Crippen LogP contribution in [0.4, 0.5) is 0 Å². The fourth-order valence-corrected chi connectivity index (χ4v) is 2.35. The van der Waals surface area contributed by atoms with Gasteiger partial charge in [0, 0.05) is 29.9 Å². The van der Waals surface area contributed by atoms with Crippen molar-refractivity contribution in [3.05, 3.63) is 53.3 Å². The van der Waals surface area contributed by atoms with E-state index < -0.39 is 0 Å². The Hall–Kier alpha value is -1.96. The number of pyridine rings is 1. The zero-order valence-electron chi connectivity index (χ0n) is 9.73. The van der Waals surface area contributed by atoms with Crippen LogP contribution in [-0.4, -0.2) is 10.8 Å². The van der Waals surface area contributed by atoms with E-state index in [0.717, 1.165) is 28.7 Å². The molecule has 0 spiro atoms. The molecule has 1 aromatic carbocycles. The number of benzene rings is 1. The average molecular weight is 223 g/mol. The van der Waals surface area contributed by atoms with Gasteiger partial charge in [-0.2, -0.15) is 0 Å². The molecule has 0 saturated heterocycles. The van der Waals surface area contributed by atoms with Crippen molar-refractivity contribution in [2.75, 3.05) is 0 Å². The molecule has 0 atom stereocenters. The third-order valence-electron chi connectivity index (χ3n) is 3.24. The first-order valence-corrected chi connectivity index (χ1v) is 5.82. The minimum Gasteiger partial charge on any atom is -0.294 e. The molecule has 0 radical (unpaired) electrons. The van der Waals surface area contributed by atoms with Crippen molar-refractivity contribution in [2.45, 2.75) is 19.8 Å². The largest absolute Gasteiger partial charge is 0.294 e. The van der Waals surface area contributed by atoms with Gasteiger partial charge in [0.25, 0.3) is 0 Å². The van der Waals surface area contributed by atoms with Gasteiger partial charge in [0.05, 0.1) is 0 Å². The Morgan fingerprint density at radius 3 is 2.76 bits per heavy atom. The molecule has 0 fully saturated rings. The summed E-state index contributed by atoms with van der Waals surface area (Å²) in [7, 11) is 0. The zero-order chi connectivity index (χ0) is 11.8. The van der Waals surface area contributed by atoms with Gasteiger partial charge in [-0.15, -0.1) is 0 Å². The van der Waals surface area contributed by atoms with Gasteiger partial charge in [-0.25, -0.2) is 0 Å². The first kappa shape index (κ1) is 10.2. The number of fused-ring (bicyclic) bond motifs is 1. The van der Waals surface area contributed by atoms with Crippen LogP contribution in [0.1, 0.15) is 27.9 Å². The summed E-state index contributed by atoms with van der Waals surface area (Å²) in [6, 6.07) is 8.20. The number of hydrogen-bond acceptors (Lipinski definition) is 2. The summed E-state index contributed by atoms with van der Waals surface area (Å²) in [4.78, 5) is 15.8. The molecule has 17 heavy (non-hydrogen) atoms. The fraction of sp³-hybridized carbons (Fsp3) is 0.200. The van der Waals surface area contributed by atoms with Crippen LogP contribution in [-0.2, 0) is 6.42 Å². The lowest BCUT2D eigenvalue weighted by Crippen LogP contribution is -1.91. The number of carbonyl (C=O) groups excluding carboxylic acids is 1. The predicted molar refractivity (Wildman–Crippen MR) is 67.1 cm³/mol. The molecular weight excluding hydrogens is 210 g/mol. The van der Waals surface area contributed by atoms with E-state index in [-0.39, 0.29) is 5.78 Å². The molecule has 1 heterocycles. The molecule has 0 bridgehead atoms. The minimum atomic E-state index is 0.272. The van der Waals surface area contributed by atoms with Crippen LogP contribution in [0, 0.1) is 6.92 Å². The maximum atomic E-state index is 11.6. The van der Waals surface area contributed by atoms with Crippen molar-refractivity contribution in [3.63, 3.8) is 0 Å². The number of rotatable bonds is 1. The van der Waals surface area contributed by atoms with E-state index in [9.17, 15) is 4.79 Å². The Bertz CT molecular complexity index is 602. The van der Waals surface area contributed by atoms with Crippen molar-refractivity contribution < 1.29 is 4.79 Å². The van der Waals surface area contributed by atoms with Gasteiger partial charge in [0.15, 0.2) is 5.78 Å². The number of aromatic nitrogens is 1. The molecule has 0 amide bonds. The van der Waals surface area contributed by atoms with Gasteiger partial charge in [-0.05, 0) is 36.1 Å². The van der Waals surface area contributed by atoms with Crippen LogP contribution in [0.3, 0.4) is 0 Å². The number of nitrogens with zero attached hydrogens (tertiary/aromatic N) is 1. The first-order chi connectivity index (χ1) is 8.24. The van der Waals surface area contributed by atoms with Gasteiger partial charge in [0.2, 0.25) is 0 Å². The van der Waals surface area contributed by atoms with E-state index in [0.29, 0.717) is 6.42 Å². The molecule has 3 rings (SSSR count). The summed E-state index contributed by atoms with van der Waals surface area (Å²) in [5.74, 6) is 0.272. The Morgan fingerprint density at radius 1 is 1.06 bits per heavy atom. The second-order valence-electron chi connectivity index (χ2n) is 4.55. The van der Waals surface area contributed by atoms with Gasteiger partial charge in [-0.3, -0.25) is 9.78 Å². The van der Waals surface area contributed by atoms with Crippen molar-refractivity contribution in [2.24, 2.45) is 0 Å². The quantitative estimate of drug-likeness (QED) is 0.743. The van der Waals surface area contributed by atoms with Gasteiger partial charge in [0.1, 0.15) is 0 Å². The van der Waals surface area contributed by atoms with E-state index in [1.165, 1.54) is 5.56 Å². The molecule has 1 aromatic heterocycles. The second-order valence-corrected chi connectivity index (χ2v) is 4.55. The number of Topliss-reactive ketones (excluding diaryl/α,β-unsaturated/α-hetero) is 1. The Labute approximate surface area is 100 Å². The topological polar surface area (TPSA) is 30.0 Å². The van der Waals surface area contributed by atoms with Gasteiger partial charge in [-0.1, -0.05) is 18.2 Å². The smallest absolute Gasteiger partial charge is 0.163 e. The van der Waals surface area contributed by atoms with Crippen LogP contribution in [0.2, 0.25) is 0 Å². The maximum absolute atomic E-state index is 11.6. The highest BCUT2D eigenvalue weighted by molar-refractivity contribution is 6.00. The summed E-state index contributed by atoms with van der Waals surface area (Å²) in [5.41, 5.74) is 5.49. The van der Waals surface area contributed by atoms with Crippen LogP contribution in [0.5, 0.6) is 0 Å². The Kier molecular flexibility index (Phi) is 2.29. The summed E-state index contributed by atoms with van der Waals surface area (Å²) >= 11 is 0. The first-order valence-electron chi connectivity index (χ1n) is 5.82. The summed E-state index contributed by atoms with van der Waals surface area (Å²) in [6.45, 7) is 2.04. The van der Waals surface area contributed by atoms with Crippen LogP contribution in [0.15, 0.2) is 36.7 Å². The highest BCUT2D eigenvalue weighted by Gasteiger charge is 2.19.